The summed E-state index contributed by atoms with van der Waals surface area (Å²) in [5, 5.41) is 0. The van der Waals surface area contributed by atoms with Crippen molar-refractivity contribution < 1.29 is 14.2 Å². The van der Waals surface area contributed by atoms with Gasteiger partial charge in [0, 0.05) is 18.7 Å². The number of aromatic nitrogens is 1. The van der Waals surface area contributed by atoms with E-state index in [9.17, 15) is 9.59 Å². The maximum atomic E-state index is 12.0. The molecule has 0 aromatic carbocycles. The van der Waals surface area contributed by atoms with E-state index in [4.69, 9.17) is 0 Å². The lowest BCUT2D eigenvalue weighted by atomic mass is 10.1. The van der Waals surface area contributed by atoms with Crippen molar-refractivity contribution in [1.82, 2.24) is 10.9 Å². The lowest BCUT2D eigenvalue weighted by Crippen LogP contribution is -2.40. The van der Waals surface area contributed by atoms with Gasteiger partial charge in [-0.25, -0.2) is 5.43 Å². The van der Waals surface area contributed by atoms with E-state index in [0.717, 1.165) is 5.57 Å². The number of hydrazine groups is 1. The fraction of sp³-hybridized carbons (Fsp3) is 0.214. The Hall–Kier alpha value is -2.27. The molecule has 1 amide bonds. The normalized spacial score (nSPS) is 13.2. The first-order chi connectivity index (χ1) is 9.20. The molecule has 1 aromatic rings. The van der Waals surface area contributed by atoms with Gasteiger partial charge in [-0.1, -0.05) is 18.2 Å². The van der Waals surface area contributed by atoms with Crippen LogP contribution in [0.25, 0.3) is 0 Å². The van der Waals surface area contributed by atoms with Crippen LogP contribution in [0.1, 0.15) is 16.8 Å². The topological polar surface area (TPSA) is 62.1 Å². The van der Waals surface area contributed by atoms with Gasteiger partial charge < -0.3 is 0 Å². The molecular formula is C14H16N3O2+. The van der Waals surface area contributed by atoms with Crippen LogP contribution in [0, 0.1) is 0 Å². The summed E-state index contributed by atoms with van der Waals surface area (Å²) in [6.45, 7) is 0.244. The van der Waals surface area contributed by atoms with E-state index in [1.807, 2.05) is 18.2 Å². The number of hydrogen-bond donors (Lipinski definition) is 2. The quantitative estimate of drug-likeness (QED) is 0.589. The number of hydrogen-bond acceptors (Lipinski definition) is 3. The summed E-state index contributed by atoms with van der Waals surface area (Å²) in [6.07, 6.45) is 9.80. The molecular weight excluding hydrogens is 242 g/mol. The lowest BCUT2D eigenvalue weighted by molar-refractivity contribution is -0.684. The molecule has 98 valence electrons. The first-order valence-corrected chi connectivity index (χ1v) is 6.06. The summed E-state index contributed by atoms with van der Waals surface area (Å²) < 4.78 is 1.71. The molecule has 5 heteroatoms. The number of Topliss-reactive ketones (excluding diaryl/α,β-unsaturated/α-hetero) is 1. The molecule has 1 aromatic heterocycles. The molecule has 0 saturated carbocycles. The number of nitrogens with one attached hydrogen (secondary N) is 2. The maximum Gasteiger partial charge on any atom is 0.271 e. The summed E-state index contributed by atoms with van der Waals surface area (Å²) in [7, 11) is 1.62. The van der Waals surface area contributed by atoms with Crippen LogP contribution in [-0.4, -0.2) is 18.7 Å². The Balaban J connectivity index is 2.06. The minimum absolute atomic E-state index is 0.0705. The molecule has 0 atom stereocenters. The molecule has 0 fully saturated rings. The Morgan fingerprint density at radius 1 is 1.42 bits per heavy atom. The van der Waals surface area contributed by atoms with Gasteiger partial charge >= 0.3 is 0 Å². The van der Waals surface area contributed by atoms with Gasteiger partial charge in [-0.3, -0.25) is 15.0 Å². The number of carbonyl (C=O) groups excluding carboxylic acids is 2. The zero-order chi connectivity index (χ0) is 13.7. The van der Waals surface area contributed by atoms with Crippen LogP contribution < -0.4 is 15.4 Å². The van der Waals surface area contributed by atoms with Crippen molar-refractivity contribution >= 4 is 11.7 Å². The molecule has 2 rings (SSSR count). The zero-order valence-electron chi connectivity index (χ0n) is 10.7. The van der Waals surface area contributed by atoms with Crippen molar-refractivity contribution in [3.63, 3.8) is 0 Å². The van der Waals surface area contributed by atoms with Crippen LogP contribution in [0.2, 0.25) is 0 Å². The van der Waals surface area contributed by atoms with Gasteiger partial charge in [0.05, 0.1) is 0 Å². The van der Waals surface area contributed by atoms with E-state index < -0.39 is 0 Å². The largest absolute Gasteiger partial charge is 0.288 e. The molecule has 0 spiro atoms. The molecule has 0 saturated heterocycles. The Labute approximate surface area is 111 Å². The third kappa shape index (κ3) is 3.35. The summed E-state index contributed by atoms with van der Waals surface area (Å²) in [6, 6.07) is 3.45. The van der Waals surface area contributed by atoms with E-state index in [-0.39, 0.29) is 18.2 Å². The Morgan fingerprint density at radius 3 is 2.95 bits per heavy atom. The molecule has 1 aliphatic rings. The van der Waals surface area contributed by atoms with Crippen LogP contribution in [0.4, 0.5) is 0 Å². The average molecular weight is 258 g/mol. The average Bonchev–Trinajstić information content (AvgIpc) is 2.93. The predicted octanol–water partition coefficient (Wildman–Crippen LogP) is 0.294. The van der Waals surface area contributed by atoms with Crippen molar-refractivity contribution in [2.45, 2.75) is 13.0 Å². The Morgan fingerprint density at radius 2 is 2.26 bits per heavy atom. The van der Waals surface area contributed by atoms with Crippen molar-refractivity contribution in [3.05, 3.63) is 53.9 Å². The molecule has 0 unspecified atom stereocenters. The fourth-order valence-electron chi connectivity index (χ4n) is 1.86. The highest BCUT2D eigenvalue weighted by Gasteiger charge is 2.17. The van der Waals surface area contributed by atoms with Crippen LogP contribution in [-0.2, 0) is 11.3 Å². The molecule has 2 N–H and O–H groups in total. The number of amides is 1. The van der Waals surface area contributed by atoms with Gasteiger partial charge in [-0.15, -0.1) is 0 Å². The number of ketones is 1. The summed E-state index contributed by atoms with van der Waals surface area (Å²) in [5.41, 5.74) is 6.37. The second kappa shape index (κ2) is 6.06. The molecule has 0 aliphatic heterocycles. The fourth-order valence-corrected chi connectivity index (χ4v) is 1.86. The molecule has 1 aliphatic carbocycles. The van der Waals surface area contributed by atoms with Crippen molar-refractivity contribution in [3.8, 4) is 0 Å². The standard InChI is InChI=1S/C14H15N3O2/c1-15-16-14(19)12-7-4-8-17(9-12)10-13(18)11-5-2-3-6-11/h2-5,7-9,15H,6,10H2,1H3/p+1. The van der Waals surface area contributed by atoms with Gasteiger partial charge in [-0.2, -0.15) is 4.57 Å². The highest BCUT2D eigenvalue weighted by Crippen LogP contribution is 2.11. The first kappa shape index (κ1) is 13.2. The number of pyridine rings is 1. The highest BCUT2D eigenvalue weighted by molar-refractivity contribution is 5.95. The summed E-state index contributed by atoms with van der Waals surface area (Å²) >= 11 is 0. The second-order valence-corrected chi connectivity index (χ2v) is 4.22. The molecule has 19 heavy (non-hydrogen) atoms. The number of carbonyl (C=O) groups is 2. The number of nitrogens with zero attached hydrogens (tertiary/aromatic N) is 1. The van der Waals surface area contributed by atoms with Gasteiger partial charge in [0.2, 0.25) is 12.3 Å². The highest BCUT2D eigenvalue weighted by atomic mass is 16.2. The number of rotatable bonds is 5. The van der Waals surface area contributed by atoms with Gasteiger partial charge in [0.1, 0.15) is 5.56 Å². The Bertz CT molecular complexity index is 562. The SMILES string of the molecule is CNNC(=O)c1ccc[n+](CC(=O)C2=CC=CC2)c1. The van der Waals surface area contributed by atoms with Crippen molar-refractivity contribution in [1.29, 1.82) is 0 Å². The predicted molar refractivity (Wildman–Crippen MR) is 70.0 cm³/mol. The van der Waals surface area contributed by atoms with Crippen LogP contribution in [0.3, 0.4) is 0 Å². The summed E-state index contributed by atoms with van der Waals surface area (Å²) in [5.74, 6) is -0.160. The number of allylic oxidation sites excluding steroid dienone is 4. The third-order valence-electron chi connectivity index (χ3n) is 2.81. The van der Waals surface area contributed by atoms with Crippen LogP contribution >= 0.6 is 0 Å². The van der Waals surface area contributed by atoms with Gasteiger partial charge in [0.25, 0.3) is 5.91 Å². The summed E-state index contributed by atoms with van der Waals surface area (Å²) in [4.78, 5) is 23.6. The van der Waals surface area contributed by atoms with E-state index in [1.165, 1.54) is 0 Å². The van der Waals surface area contributed by atoms with E-state index >= 15 is 0 Å². The minimum Gasteiger partial charge on any atom is -0.288 e. The van der Waals surface area contributed by atoms with Gasteiger partial charge in [0.15, 0.2) is 12.4 Å². The monoisotopic (exact) mass is 258 g/mol. The van der Waals surface area contributed by atoms with Crippen LogP contribution in [0.5, 0.6) is 0 Å². The molecule has 5 nitrogen and oxygen atoms in total. The van der Waals surface area contributed by atoms with Gasteiger partial charge in [-0.05, 0) is 12.5 Å². The third-order valence-corrected chi connectivity index (χ3v) is 2.81. The Kier molecular flexibility index (Phi) is 4.20. The van der Waals surface area contributed by atoms with Crippen molar-refractivity contribution in [2.24, 2.45) is 0 Å². The van der Waals surface area contributed by atoms with E-state index in [1.54, 1.807) is 36.1 Å². The van der Waals surface area contributed by atoms with Crippen LogP contribution in [0.15, 0.2) is 48.3 Å². The maximum absolute atomic E-state index is 12.0. The van der Waals surface area contributed by atoms with Crippen molar-refractivity contribution in [2.75, 3.05) is 7.05 Å². The van der Waals surface area contributed by atoms with E-state index in [0.29, 0.717) is 12.0 Å². The molecule has 1 heterocycles. The zero-order valence-corrected chi connectivity index (χ0v) is 10.7. The molecule has 0 bridgehead atoms. The lowest BCUT2D eigenvalue weighted by Gasteiger charge is -2.02. The molecule has 0 radical (unpaired) electrons. The second-order valence-electron chi connectivity index (χ2n) is 4.22. The minimum atomic E-state index is -0.231. The van der Waals surface area contributed by atoms with E-state index in [2.05, 4.69) is 10.9 Å². The first-order valence-electron chi connectivity index (χ1n) is 6.06. The smallest absolute Gasteiger partial charge is 0.271 e.